The van der Waals surface area contributed by atoms with Gasteiger partial charge in [0.25, 0.3) is 0 Å². The van der Waals surface area contributed by atoms with E-state index in [-0.39, 0.29) is 17.5 Å². The maximum absolute atomic E-state index is 12.2. The number of nitrogens with zero attached hydrogens (tertiary/aromatic N) is 3. The standard InChI is InChI=1S/C15H14N4O3/c1-22-14(20)12-6-7-13(18-17-12)16-15(21)19-8-10-4-2-3-5-11(10)9-19/h2-7H,8-9H2,1H3,(H,16,18,21). The zero-order valence-corrected chi connectivity index (χ0v) is 11.9. The van der Waals surface area contributed by atoms with Gasteiger partial charge in [-0.05, 0) is 23.3 Å². The predicted octanol–water partition coefficient (Wildman–Crippen LogP) is 1.81. The van der Waals surface area contributed by atoms with E-state index in [1.807, 2.05) is 24.3 Å². The third kappa shape index (κ3) is 2.73. The summed E-state index contributed by atoms with van der Waals surface area (Å²) in [6.07, 6.45) is 0. The first-order valence-corrected chi connectivity index (χ1v) is 6.72. The van der Waals surface area contributed by atoms with Crippen LogP contribution in [-0.4, -0.2) is 34.2 Å². The predicted molar refractivity (Wildman–Crippen MR) is 78.1 cm³/mol. The van der Waals surface area contributed by atoms with E-state index in [1.54, 1.807) is 4.90 Å². The third-order valence-electron chi connectivity index (χ3n) is 3.42. The van der Waals surface area contributed by atoms with Crippen molar-refractivity contribution in [1.29, 1.82) is 0 Å². The van der Waals surface area contributed by atoms with Crippen LogP contribution in [0.4, 0.5) is 10.6 Å². The topological polar surface area (TPSA) is 84.4 Å². The van der Waals surface area contributed by atoms with Crippen LogP contribution in [0.5, 0.6) is 0 Å². The van der Waals surface area contributed by atoms with Crippen molar-refractivity contribution in [1.82, 2.24) is 15.1 Å². The lowest BCUT2D eigenvalue weighted by atomic mass is 10.1. The van der Waals surface area contributed by atoms with Gasteiger partial charge in [-0.25, -0.2) is 9.59 Å². The normalized spacial score (nSPS) is 12.7. The number of nitrogens with one attached hydrogen (secondary N) is 1. The number of aromatic nitrogens is 2. The van der Waals surface area contributed by atoms with Crippen LogP contribution in [0.1, 0.15) is 21.6 Å². The van der Waals surface area contributed by atoms with Crippen LogP contribution in [0.15, 0.2) is 36.4 Å². The van der Waals surface area contributed by atoms with Crippen molar-refractivity contribution in [2.75, 3.05) is 12.4 Å². The van der Waals surface area contributed by atoms with Gasteiger partial charge in [0.1, 0.15) is 0 Å². The molecule has 0 bridgehead atoms. The summed E-state index contributed by atoms with van der Waals surface area (Å²) >= 11 is 0. The maximum atomic E-state index is 12.2. The summed E-state index contributed by atoms with van der Waals surface area (Å²) in [5.74, 6) is -0.283. The number of fused-ring (bicyclic) bond motifs is 1. The number of methoxy groups -OCH3 is 1. The first-order chi connectivity index (χ1) is 10.7. The third-order valence-corrected chi connectivity index (χ3v) is 3.42. The monoisotopic (exact) mass is 298 g/mol. The Morgan fingerprint density at radius 3 is 2.32 bits per heavy atom. The van der Waals surface area contributed by atoms with Gasteiger partial charge >= 0.3 is 12.0 Å². The highest BCUT2D eigenvalue weighted by atomic mass is 16.5. The van der Waals surface area contributed by atoms with E-state index in [1.165, 1.54) is 19.2 Å². The quantitative estimate of drug-likeness (QED) is 0.855. The Bertz CT molecular complexity index is 690. The van der Waals surface area contributed by atoms with Gasteiger partial charge in [-0.1, -0.05) is 24.3 Å². The summed E-state index contributed by atoms with van der Waals surface area (Å²) in [4.78, 5) is 25.2. The van der Waals surface area contributed by atoms with E-state index in [2.05, 4.69) is 20.3 Å². The van der Waals surface area contributed by atoms with Gasteiger partial charge in [0.05, 0.1) is 7.11 Å². The van der Waals surface area contributed by atoms with Gasteiger partial charge in [-0.2, -0.15) is 0 Å². The Morgan fingerprint density at radius 2 is 1.77 bits per heavy atom. The molecule has 7 nitrogen and oxygen atoms in total. The van der Waals surface area contributed by atoms with Gasteiger partial charge in [0.2, 0.25) is 0 Å². The van der Waals surface area contributed by atoms with E-state index < -0.39 is 5.97 Å². The number of amides is 2. The van der Waals surface area contributed by atoms with Crippen LogP contribution in [0.25, 0.3) is 0 Å². The Balaban J connectivity index is 1.64. The summed E-state index contributed by atoms with van der Waals surface area (Å²) in [5.41, 5.74) is 2.38. The molecule has 2 amide bonds. The average Bonchev–Trinajstić information content (AvgIpc) is 2.99. The number of hydrogen-bond donors (Lipinski definition) is 1. The number of ether oxygens (including phenoxy) is 1. The molecule has 0 aliphatic carbocycles. The number of esters is 1. The lowest BCUT2D eigenvalue weighted by Gasteiger charge is -2.15. The molecule has 0 spiro atoms. The lowest BCUT2D eigenvalue weighted by molar-refractivity contribution is 0.0593. The van der Waals surface area contributed by atoms with Gasteiger partial charge in [-0.3, -0.25) is 5.32 Å². The number of hydrogen-bond acceptors (Lipinski definition) is 5. The molecule has 1 aromatic heterocycles. The van der Waals surface area contributed by atoms with E-state index >= 15 is 0 Å². The van der Waals surface area contributed by atoms with Gasteiger partial charge in [-0.15, -0.1) is 10.2 Å². The Morgan fingerprint density at radius 1 is 1.09 bits per heavy atom. The van der Waals surface area contributed by atoms with Crippen LogP contribution < -0.4 is 5.32 Å². The molecule has 2 heterocycles. The molecule has 3 rings (SSSR count). The van der Waals surface area contributed by atoms with Crippen molar-refractivity contribution < 1.29 is 14.3 Å². The Hall–Kier alpha value is -2.96. The molecule has 0 fully saturated rings. The number of benzene rings is 1. The first-order valence-electron chi connectivity index (χ1n) is 6.72. The number of rotatable bonds is 2. The molecule has 0 unspecified atom stereocenters. The van der Waals surface area contributed by atoms with Crippen molar-refractivity contribution in [3.63, 3.8) is 0 Å². The van der Waals surface area contributed by atoms with Crippen LogP contribution in [0.3, 0.4) is 0 Å². The minimum absolute atomic E-state index is 0.0917. The molecule has 0 saturated heterocycles. The summed E-state index contributed by atoms with van der Waals surface area (Å²) in [6, 6.07) is 10.6. The molecule has 0 radical (unpaired) electrons. The highest BCUT2D eigenvalue weighted by molar-refractivity contribution is 5.90. The second-order valence-corrected chi connectivity index (χ2v) is 4.85. The summed E-state index contributed by atoms with van der Waals surface area (Å²) in [6.45, 7) is 1.13. The number of carbonyl (C=O) groups is 2. The fourth-order valence-electron chi connectivity index (χ4n) is 2.28. The minimum Gasteiger partial charge on any atom is -0.464 e. The van der Waals surface area contributed by atoms with Crippen molar-refractivity contribution in [2.24, 2.45) is 0 Å². The van der Waals surface area contributed by atoms with Crippen molar-refractivity contribution in [3.8, 4) is 0 Å². The number of anilines is 1. The lowest BCUT2D eigenvalue weighted by Crippen LogP contribution is -2.30. The van der Waals surface area contributed by atoms with Crippen LogP contribution in [-0.2, 0) is 17.8 Å². The molecule has 112 valence electrons. The molecule has 2 aromatic rings. The van der Waals surface area contributed by atoms with E-state index in [9.17, 15) is 9.59 Å². The molecule has 0 atom stereocenters. The molecular weight excluding hydrogens is 284 g/mol. The van der Waals surface area contributed by atoms with Gasteiger partial charge < -0.3 is 9.64 Å². The van der Waals surface area contributed by atoms with Gasteiger partial charge in [0.15, 0.2) is 11.5 Å². The molecule has 1 aliphatic rings. The first kappa shape index (κ1) is 14.0. The molecule has 0 saturated carbocycles. The van der Waals surface area contributed by atoms with Crippen molar-refractivity contribution in [2.45, 2.75) is 13.1 Å². The molecule has 1 aliphatic heterocycles. The average molecular weight is 298 g/mol. The van der Waals surface area contributed by atoms with Crippen molar-refractivity contribution >= 4 is 17.8 Å². The zero-order valence-electron chi connectivity index (χ0n) is 11.9. The van der Waals surface area contributed by atoms with Crippen LogP contribution in [0.2, 0.25) is 0 Å². The van der Waals surface area contributed by atoms with Crippen LogP contribution in [0, 0.1) is 0 Å². The molecular formula is C15H14N4O3. The minimum atomic E-state index is -0.569. The van der Waals surface area contributed by atoms with E-state index in [0.717, 1.165) is 11.1 Å². The second kappa shape index (κ2) is 5.80. The van der Waals surface area contributed by atoms with E-state index in [0.29, 0.717) is 13.1 Å². The molecule has 7 heteroatoms. The van der Waals surface area contributed by atoms with Crippen LogP contribution >= 0.6 is 0 Å². The number of urea groups is 1. The summed E-state index contributed by atoms with van der Waals surface area (Å²) in [5, 5.41) is 10.2. The molecule has 22 heavy (non-hydrogen) atoms. The fraction of sp³-hybridized carbons (Fsp3) is 0.200. The second-order valence-electron chi connectivity index (χ2n) is 4.85. The van der Waals surface area contributed by atoms with Gasteiger partial charge in [0, 0.05) is 13.1 Å². The highest BCUT2D eigenvalue weighted by Crippen LogP contribution is 2.22. The Kier molecular flexibility index (Phi) is 3.69. The molecule has 1 N–H and O–H groups in total. The largest absolute Gasteiger partial charge is 0.464 e. The maximum Gasteiger partial charge on any atom is 0.358 e. The van der Waals surface area contributed by atoms with E-state index in [4.69, 9.17) is 0 Å². The SMILES string of the molecule is COC(=O)c1ccc(NC(=O)N2Cc3ccccc3C2)nn1. The smallest absolute Gasteiger partial charge is 0.358 e. The zero-order chi connectivity index (χ0) is 15.5. The summed E-state index contributed by atoms with van der Waals surface area (Å²) < 4.78 is 4.54. The highest BCUT2D eigenvalue weighted by Gasteiger charge is 2.23. The Labute approximate surface area is 126 Å². The number of carbonyl (C=O) groups excluding carboxylic acids is 2. The van der Waals surface area contributed by atoms with Crippen molar-refractivity contribution in [3.05, 3.63) is 53.2 Å². The fourth-order valence-corrected chi connectivity index (χ4v) is 2.28. The molecule has 1 aromatic carbocycles. The summed E-state index contributed by atoms with van der Waals surface area (Å²) in [7, 11) is 1.27.